The number of carboxylic acid groups (broad SMARTS) is 1. The Bertz CT molecular complexity index is 547. The lowest BCUT2D eigenvalue weighted by Crippen LogP contribution is -2.37. The molecule has 1 aromatic rings. The third-order valence-corrected chi connectivity index (χ3v) is 3.99. The van der Waals surface area contributed by atoms with Crippen molar-refractivity contribution in [3.63, 3.8) is 0 Å². The molecular weight excluding hydrogens is 324 g/mol. The fourth-order valence-electron chi connectivity index (χ4n) is 2.57. The summed E-state index contributed by atoms with van der Waals surface area (Å²) in [6.45, 7) is 4.81. The number of nitrogens with zero attached hydrogens (tertiary/aromatic N) is 1. The van der Waals surface area contributed by atoms with Gasteiger partial charge in [0, 0.05) is 17.1 Å². The quantitative estimate of drug-likeness (QED) is 0.866. The summed E-state index contributed by atoms with van der Waals surface area (Å²) in [5, 5.41) is 11.9. The predicted molar refractivity (Wildman–Crippen MR) is 80.1 cm³/mol. The first-order valence-electron chi connectivity index (χ1n) is 6.49. The molecule has 0 radical (unpaired) electrons. The highest BCUT2D eigenvalue weighted by Gasteiger charge is 2.30. The molecule has 1 aliphatic heterocycles. The molecular formula is C14H17BrN2O3. The molecule has 6 heteroatoms. The summed E-state index contributed by atoms with van der Waals surface area (Å²) in [7, 11) is 0. The minimum atomic E-state index is -1.07. The number of carbonyl (C=O) groups is 2. The van der Waals surface area contributed by atoms with Gasteiger partial charge in [0.15, 0.2) is 0 Å². The molecule has 5 nitrogen and oxygen atoms in total. The van der Waals surface area contributed by atoms with Crippen molar-refractivity contribution < 1.29 is 14.7 Å². The molecule has 20 heavy (non-hydrogen) atoms. The number of hydrogen-bond donors (Lipinski definition) is 2. The van der Waals surface area contributed by atoms with E-state index in [2.05, 4.69) is 28.2 Å². The van der Waals surface area contributed by atoms with Crippen molar-refractivity contribution in [2.24, 2.45) is 5.92 Å². The summed E-state index contributed by atoms with van der Waals surface area (Å²) in [4.78, 5) is 25.2. The maximum atomic E-state index is 12.2. The van der Waals surface area contributed by atoms with E-state index in [-0.39, 0.29) is 17.6 Å². The summed E-state index contributed by atoms with van der Waals surface area (Å²) in [5.74, 6) is -0.593. The first-order chi connectivity index (χ1) is 9.38. The van der Waals surface area contributed by atoms with Gasteiger partial charge >= 0.3 is 12.0 Å². The van der Waals surface area contributed by atoms with Crippen LogP contribution in [0.3, 0.4) is 0 Å². The van der Waals surface area contributed by atoms with Crippen molar-refractivity contribution in [1.29, 1.82) is 0 Å². The summed E-state index contributed by atoms with van der Waals surface area (Å²) < 4.78 is 0.663. The molecule has 2 N–H and O–H groups in total. The average Bonchev–Trinajstić information content (AvgIpc) is 2.70. The molecule has 1 fully saturated rings. The van der Waals surface area contributed by atoms with Gasteiger partial charge in [0.05, 0.1) is 11.3 Å². The molecule has 2 amide bonds. The van der Waals surface area contributed by atoms with Crippen LogP contribution in [0.2, 0.25) is 0 Å². The van der Waals surface area contributed by atoms with E-state index in [1.807, 2.05) is 6.92 Å². The third kappa shape index (κ3) is 3.12. The molecule has 0 bridgehead atoms. The topological polar surface area (TPSA) is 69.6 Å². The first kappa shape index (κ1) is 14.8. The molecule has 2 atom stereocenters. The van der Waals surface area contributed by atoms with Gasteiger partial charge in [-0.3, -0.25) is 0 Å². The zero-order chi connectivity index (χ0) is 14.9. The van der Waals surface area contributed by atoms with E-state index in [4.69, 9.17) is 0 Å². The second-order valence-corrected chi connectivity index (χ2v) is 6.18. The predicted octanol–water partition coefficient (Wildman–Crippen LogP) is 3.41. The molecule has 0 aromatic heterocycles. The molecule has 0 spiro atoms. The summed E-state index contributed by atoms with van der Waals surface area (Å²) >= 11 is 3.23. The van der Waals surface area contributed by atoms with Gasteiger partial charge in [0.1, 0.15) is 0 Å². The Morgan fingerprint density at radius 1 is 1.40 bits per heavy atom. The van der Waals surface area contributed by atoms with Crippen molar-refractivity contribution in [2.45, 2.75) is 26.3 Å². The van der Waals surface area contributed by atoms with Gasteiger partial charge in [0.25, 0.3) is 0 Å². The van der Waals surface area contributed by atoms with E-state index in [1.54, 1.807) is 17.0 Å². The third-order valence-electron chi connectivity index (χ3n) is 3.50. The molecule has 108 valence electrons. The molecule has 1 saturated heterocycles. The molecule has 2 rings (SSSR count). The lowest BCUT2D eigenvalue weighted by atomic mass is 10.1. The molecule has 0 aliphatic carbocycles. The van der Waals surface area contributed by atoms with E-state index < -0.39 is 5.97 Å². The lowest BCUT2D eigenvalue weighted by Gasteiger charge is -2.22. The van der Waals surface area contributed by atoms with Crippen LogP contribution < -0.4 is 5.32 Å². The normalized spacial score (nSPS) is 21.9. The van der Waals surface area contributed by atoms with Gasteiger partial charge in [-0.1, -0.05) is 22.9 Å². The van der Waals surface area contributed by atoms with Crippen molar-refractivity contribution in [3.8, 4) is 0 Å². The smallest absolute Gasteiger partial charge is 0.337 e. The maximum Gasteiger partial charge on any atom is 0.337 e. The Morgan fingerprint density at radius 2 is 2.10 bits per heavy atom. The zero-order valence-corrected chi connectivity index (χ0v) is 13.0. The fourth-order valence-corrected chi connectivity index (χ4v) is 2.93. The standard InChI is InChI=1S/C14H17BrN2O3/c1-8-5-9(2)17(7-8)14(20)16-12-4-3-10(15)6-11(12)13(18)19/h3-4,6,8-9H,5,7H2,1-2H3,(H,16,20)(H,18,19). The zero-order valence-electron chi connectivity index (χ0n) is 11.4. The van der Waals surface area contributed by atoms with Crippen LogP contribution in [0.5, 0.6) is 0 Å². The summed E-state index contributed by atoms with van der Waals surface area (Å²) in [6.07, 6.45) is 0.972. The van der Waals surface area contributed by atoms with Crippen LogP contribution in [-0.4, -0.2) is 34.6 Å². The van der Waals surface area contributed by atoms with Crippen LogP contribution in [0.1, 0.15) is 30.6 Å². The highest BCUT2D eigenvalue weighted by atomic mass is 79.9. The number of benzene rings is 1. The van der Waals surface area contributed by atoms with Crippen molar-refractivity contribution in [1.82, 2.24) is 4.90 Å². The number of aromatic carboxylic acids is 1. The van der Waals surface area contributed by atoms with Crippen molar-refractivity contribution in [3.05, 3.63) is 28.2 Å². The van der Waals surface area contributed by atoms with Gasteiger partial charge < -0.3 is 15.3 Å². The number of urea groups is 1. The van der Waals surface area contributed by atoms with Crippen molar-refractivity contribution >= 4 is 33.6 Å². The number of hydrogen-bond acceptors (Lipinski definition) is 2. The van der Waals surface area contributed by atoms with E-state index in [9.17, 15) is 14.7 Å². The largest absolute Gasteiger partial charge is 0.478 e. The Balaban J connectivity index is 2.18. The minimum Gasteiger partial charge on any atom is -0.478 e. The van der Waals surface area contributed by atoms with E-state index >= 15 is 0 Å². The Hall–Kier alpha value is -1.56. The minimum absolute atomic E-state index is 0.0765. The van der Waals surface area contributed by atoms with Crippen LogP contribution in [-0.2, 0) is 0 Å². The highest BCUT2D eigenvalue weighted by molar-refractivity contribution is 9.10. The summed E-state index contributed by atoms with van der Waals surface area (Å²) in [6, 6.07) is 4.71. The van der Waals surface area contributed by atoms with Gasteiger partial charge in [-0.25, -0.2) is 9.59 Å². The number of anilines is 1. The molecule has 0 saturated carbocycles. The summed E-state index contributed by atoms with van der Waals surface area (Å²) in [5.41, 5.74) is 0.394. The molecule has 2 unspecified atom stereocenters. The van der Waals surface area contributed by atoms with Gasteiger partial charge in [-0.2, -0.15) is 0 Å². The number of amides is 2. The lowest BCUT2D eigenvalue weighted by molar-refractivity contribution is 0.0698. The van der Waals surface area contributed by atoms with Crippen LogP contribution >= 0.6 is 15.9 Å². The average molecular weight is 341 g/mol. The molecule has 1 aromatic carbocycles. The number of likely N-dealkylation sites (tertiary alicyclic amines) is 1. The second-order valence-electron chi connectivity index (χ2n) is 5.27. The van der Waals surface area contributed by atoms with E-state index in [0.29, 0.717) is 22.6 Å². The second kappa shape index (κ2) is 5.83. The van der Waals surface area contributed by atoms with Crippen LogP contribution in [0, 0.1) is 5.92 Å². The first-order valence-corrected chi connectivity index (χ1v) is 7.28. The SMILES string of the molecule is CC1CC(C)N(C(=O)Nc2ccc(Br)cc2C(=O)O)C1. The van der Waals surface area contributed by atoms with E-state index in [0.717, 1.165) is 6.42 Å². The Labute approximate surface area is 126 Å². The van der Waals surface area contributed by atoms with E-state index in [1.165, 1.54) is 6.07 Å². The number of rotatable bonds is 2. The number of halogens is 1. The number of nitrogens with one attached hydrogen (secondary N) is 1. The monoisotopic (exact) mass is 340 g/mol. The van der Waals surface area contributed by atoms with Gasteiger partial charge in [0.2, 0.25) is 0 Å². The van der Waals surface area contributed by atoms with Crippen LogP contribution in [0.15, 0.2) is 22.7 Å². The maximum absolute atomic E-state index is 12.2. The number of carbonyl (C=O) groups excluding carboxylic acids is 1. The fraction of sp³-hybridized carbons (Fsp3) is 0.429. The van der Waals surface area contributed by atoms with Crippen LogP contribution in [0.4, 0.5) is 10.5 Å². The highest BCUT2D eigenvalue weighted by Crippen LogP contribution is 2.25. The van der Waals surface area contributed by atoms with Gasteiger partial charge in [-0.05, 0) is 37.5 Å². The molecule has 1 aliphatic rings. The van der Waals surface area contributed by atoms with Crippen molar-refractivity contribution in [2.75, 3.05) is 11.9 Å². The number of carboxylic acids is 1. The van der Waals surface area contributed by atoms with Crippen LogP contribution in [0.25, 0.3) is 0 Å². The Morgan fingerprint density at radius 3 is 2.65 bits per heavy atom. The molecule has 1 heterocycles. The Kier molecular flexibility index (Phi) is 4.32. The van der Waals surface area contributed by atoms with Gasteiger partial charge in [-0.15, -0.1) is 0 Å².